The van der Waals surface area contributed by atoms with Crippen LogP contribution in [0.15, 0.2) is 288 Å². The maximum Gasteiger partial charge on any atom is 0.0618 e. The third-order valence-corrected chi connectivity index (χ3v) is 27.3. The van der Waals surface area contributed by atoms with Gasteiger partial charge in [-0.1, -0.05) is 332 Å². The molecule has 0 aromatic heterocycles. The molecule has 15 aromatic carbocycles. The molecule has 0 spiro atoms. The van der Waals surface area contributed by atoms with Gasteiger partial charge in [0.05, 0.1) is 17.1 Å². The van der Waals surface area contributed by atoms with Crippen LogP contribution in [0.5, 0.6) is 0 Å². The van der Waals surface area contributed by atoms with Crippen LogP contribution in [0.1, 0.15) is 178 Å². The number of para-hydroxylation sites is 1. The fourth-order valence-corrected chi connectivity index (χ4v) is 21.2. The SMILES string of the molecule is Brc1c2ccccc2c(Br)c2ccccc12.CC1(C)c2ccccc2Cc2cc3c(cc21)-c1ccccc1C3(C)C.Cc1c2ccccc2c(N2c3ccccc3C(C)(C)c3cc4c(cc32)C(C)(C)c2ccccc2-4)c2ccccc12.Cc1ccccc1C(C)(C)c1cc2c(cc1C)C(C)(C)c1ccccc1-2. The van der Waals surface area contributed by atoms with E-state index in [-0.39, 0.29) is 32.5 Å². The summed E-state index contributed by atoms with van der Waals surface area (Å²) in [4.78, 5) is 2.58. The third kappa shape index (κ3) is 10.8. The van der Waals surface area contributed by atoms with Gasteiger partial charge in [0.25, 0.3) is 0 Å². The number of halogens is 2. The van der Waals surface area contributed by atoms with Crippen molar-refractivity contribution in [2.75, 3.05) is 4.90 Å². The lowest BCUT2D eigenvalue weighted by Crippen LogP contribution is -2.31. The molecule has 0 saturated carbocycles. The predicted octanol–water partition coefficient (Wildman–Crippen LogP) is 29.4. The van der Waals surface area contributed by atoms with Crippen LogP contribution in [0, 0.1) is 20.8 Å². The molecule has 1 heterocycles. The molecule has 0 bridgehead atoms. The summed E-state index contributed by atoms with van der Waals surface area (Å²) in [6.07, 6.45) is 1.05. The first-order valence-corrected chi connectivity index (χ1v) is 39.8. The molecule has 4 aliphatic carbocycles. The highest BCUT2D eigenvalue weighted by Gasteiger charge is 2.45. The Morgan fingerprint density at radius 2 is 0.636 bits per heavy atom. The Balaban J connectivity index is 0.000000110. The first-order valence-electron chi connectivity index (χ1n) is 38.2. The van der Waals surface area contributed by atoms with Gasteiger partial charge in [-0.15, -0.1) is 0 Å². The van der Waals surface area contributed by atoms with Gasteiger partial charge in [-0.05, 0) is 250 Å². The van der Waals surface area contributed by atoms with E-state index in [0.29, 0.717) is 0 Å². The van der Waals surface area contributed by atoms with Crippen molar-refractivity contribution in [3.8, 4) is 33.4 Å². The average molecular weight is 1520 g/mol. The zero-order valence-corrected chi connectivity index (χ0v) is 67.6. The number of rotatable bonds is 3. The van der Waals surface area contributed by atoms with Crippen molar-refractivity contribution < 1.29 is 0 Å². The average Bonchev–Trinajstić information content (AvgIpc) is 1.44. The van der Waals surface area contributed by atoms with Crippen LogP contribution in [0.2, 0.25) is 0 Å². The molecule has 3 heteroatoms. The molecule has 0 unspecified atom stereocenters. The smallest absolute Gasteiger partial charge is 0.0618 e. The van der Waals surface area contributed by atoms with Crippen LogP contribution in [0.25, 0.3) is 76.5 Å². The van der Waals surface area contributed by atoms with Gasteiger partial charge in [0, 0.05) is 52.2 Å². The topological polar surface area (TPSA) is 3.24 Å². The van der Waals surface area contributed by atoms with Gasteiger partial charge in [0.1, 0.15) is 0 Å². The first kappa shape index (κ1) is 70.1. The fraction of sp³-hybridized carbons (Fsp3) is 0.212. The van der Waals surface area contributed by atoms with E-state index in [9.17, 15) is 0 Å². The summed E-state index contributed by atoms with van der Waals surface area (Å²) in [5.74, 6) is 0. The van der Waals surface area contributed by atoms with E-state index in [4.69, 9.17) is 0 Å². The minimum absolute atomic E-state index is 0.0217. The second-order valence-corrected chi connectivity index (χ2v) is 35.4. The Morgan fingerprint density at radius 1 is 0.271 bits per heavy atom. The van der Waals surface area contributed by atoms with E-state index in [1.54, 1.807) is 0 Å². The Kier molecular flexibility index (Phi) is 16.8. The third-order valence-electron chi connectivity index (χ3n) is 25.6. The van der Waals surface area contributed by atoms with Gasteiger partial charge in [0.2, 0.25) is 0 Å². The summed E-state index contributed by atoms with van der Waals surface area (Å²) in [5, 5.41) is 10.2. The van der Waals surface area contributed by atoms with E-state index in [1.165, 1.54) is 197 Å². The molecule has 1 aliphatic heterocycles. The van der Waals surface area contributed by atoms with E-state index in [1.807, 2.05) is 0 Å². The van der Waals surface area contributed by atoms with Crippen LogP contribution in [0.3, 0.4) is 0 Å². The van der Waals surface area contributed by atoms with Gasteiger partial charge < -0.3 is 4.90 Å². The predicted molar refractivity (Wildman–Crippen MR) is 465 cm³/mol. The molecule has 107 heavy (non-hydrogen) atoms. The Bertz CT molecular complexity index is 6010. The molecule has 0 N–H and O–H groups in total. The number of fused-ring (bicyclic) bond motifs is 17. The maximum atomic E-state index is 3.70. The second kappa shape index (κ2) is 25.6. The minimum atomic E-state index is -0.143. The van der Waals surface area contributed by atoms with E-state index in [0.717, 1.165) is 6.42 Å². The zero-order chi connectivity index (χ0) is 74.6. The van der Waals surface area contributed by atoms with Crippen LogP contribution >= 0.6 is 31.9 Å². The lowest BCUT2D eigenvalue weighted by Gasteiger charge is -2.43. The first-order chi connectivity index (χ1) is 51.2. The molecule has 15 aromatic rings. The van der Waals surface area contributed by atoms with Crippen molar-refractivity contribution in [3.63, 3.8) is 0 Å². The highest BCUT2D eigenvalue weighted by molar-refractivity contribution is 9.11. The van der Waals surface area contributed by atoms with Crippen LogP contribution in [-0.2, 0) is 38.9 Å². The molecule has 0 fully saturated rings. The summed E-state index contributed by atoms with van der Waals surface area (Å²) < 4.78 is 2.34. The van der Waals surface area contributed by atoms with Gasteiger partial charge in [-0.3, -0.25) is 0 Å². The van der Waals surface area contributed by atoms with Crippen molar-refractivity contribution in [1.82, 2.24) is 0 Å². The second-order valence-electron chi connectivity index (χ2n) is 33.9. The van der Waals surface area contributed by atoms with Gasteiger partial charge in [-0.2, -0.15) is 0 Å². The van der Waals surface area contributed by atoms with Crippen LogP contribution in [-0.4, -0.2) is 0 Å². The number of benzene rings is 15. The molecule has 0 radical (unpaired) electrons. The maximum absolute atomic E-state index is 3.70. The molecule has 528 valence electrons. The molecule has 1 nitrogen and oxygen atoms in total. The fourth-order valence-electron chi connectivity index (χ4n) is 19.8. The Hall–Kier alpha value is -9.90. The molecular formula is C104H93Br2N. The number of hydrogen-bond acceptors (Lipinski definition) is 1. The van der Waals surface area contributed by atoms with Crippen molar-refractivity contribution in [1.29, 1.82) is 0 Å². The summed E-state index contributed by atoms with van der Waals surface area (Å²) in [6.45, 7) is 35.2. The summed E-state index contributed by atoms with van der Waals surface area (Å²) in [5.41, 5.74) is 36.5. The molecule has 20 rings (SSSR count). The molecule has 0 saturated heterocycles. The highest BCUT2D eigenvalue weighted by atomic mass is 79.9. The summed E-state index contributed by atoms with van der Waals surface area (Å²) in [6, 6.07) is 103. The largest absolute Gasteiger partial charge is 0.309 e. The molecule has 5 aliphatic rings. The van der Waals surface area contributed by atoms with Gasteiger partial charge >= 0.3 is 0 Å². The van der Waals surface area contributed by atoms with Gasteiger partial charge in [0.15, 0.2) is 0 Å². The highest BCUT2D eigenvalue weighted by Crippen LogP contribution is 2.60. The van der Waals surface area contributed by atoms with Crippen molar-refractivity contribution in [2.45, 2.75) is 143 Å². The Labute approximate surface area is 650 Å². The van der Waals surface area contributed by atoms with E-state index in [2.05, 4.69) is 420 Å². The lowest BCUT2D eigenvalue weighted by atomic mass is 9.67. The molecule has 0 amide bonds. The van der Waals surface area contributed by atoms with Crippen molar-refractivity contribution in [2.24, 2.45) is 0 Å². The van der Waals surface area contributed by atoms with Crippen molar-refractivity contribution >= 4 is 92.0 Å². The summed E-state index contributed by atoms with van der Waals surface area (Å²) >= 11 is 7.39. The van der Waals surface area contributed by atoms with Crippen LogP contribution in [0.4, 0.5) is 17.1 Å². The quantitative estimate of drug-likeness (QED) is 0.159. The lowest BCUT2D eigenvalue weighted by molar-refractivity contribution is 0.606. The van der Waals surface area contributed by atoms with Gasteiger partial charge in [-0.25, -0.2) is 0 Å². The number of nitrogens with zero attached hydrogens (tertiary/aromatic N) is 1. The molecular weight excluding hydrogens is 1420 g/mol. The Morgan fingerprint density at radius 3 is 1.14 bits per heavy atom. The number of anilines is 3. The van der Waals surface area contributed by atoms with Crippen molar-refractivity contribution in [3.05, 3.63) is 383 Å². The monoisotopic (exact) mass is 1510 g/mol. The van der Waals surface area contributed by atoms with E-state index < -0.39 is 0 Å². The summed E-state index contributed by atoms with van der Waals surface area (Å²) in [7, 11) is 0. The number of aryl methyl sites for hydroxylation is 3. The molecule has 0 atom stereocenters. The van der Waals surface area contributed by atoms with Crippen LogP contribution < -0.4 is 4.90 Å². The minimum Gasteiger partial charge on any atom is -0.309 e. The normalized spacial score (nSPS) is 15.5. The van der Waals surface area contributed by atoms with E-state index >= 15 is 0 Å². The zero-order valence-electron chi connectivity index (χ0n) is 64.5. The standard InChI is InChI=1S/C39H33N.C26H28.C25H24.C14H8Br2/c1-24-25-14-6-8-17-28(25)37(29-18-9-7-15-26(24)29)40-35-21-13-12-20-32(35)39(4,5)34-22-30-27-16-10-11-19-31(27)38(2,3)33(30)23-36(34)40;1-17-11-7-9-13-21(17)25(3,4)23-16-20-19-12-8-10-14-22(19)26(5,6)24(20)15-18(23)2;1-24(2)20-11-7-5-9-16(20)13-17-14-23-19(15-22(17)24)18-10-6-8-12-21(18)25(23,3)4;15-13-9-5-1-2-6-10(9)14(16)12-8-4-3-7-11(12)13/h6-23H,1-5H3;7-16H,1-6H3;5-12,14-15H,13H2,1-4H3;1-8H. The number of hydrogen-bond donors (Lipinski definition) is 0.